The Morgan fingerprint density at radius 2 is 1.89 bits per heavy atom. The van der Waals surface area contributed by atoms with Crippen LogP contribution < -0.4 is 5.56 Å². The van der Waals surface area contributed by atoms with Crippen molar-refractivity contribution in [1.29, 1.82) is 0 Å². The molecule has 0 aliphatic carbocycles. The number of benzene rings is 2. The molecule has 0 fully saturated rings. The van der Waals surface area contributed by atoms with Gasteiger partial charge in [-0.3, -0.25) is 19.3 Å². The fourth-order valence-corrected chi connectivity index (χ4v) is 3.96. The average molecular weight is 454 g/mol. The second-order valence-electron chi connectivity index (χ2n) is 6.70. The molecule has 7 heteroatoms. The topological polar surface area (TPSA) is 70.4 Å². The van der Waals surface area contributed by atoms with Gasteiger partial charge in [-0.15, -0.1) is 0 Å². The average Bonchev–Trinajstić information content (AvgIpc) is 2.99. The number of hydrogen-bond acceptors (Lipinski definition) is 4. The summed E-state index contributed by atoms with van der Waals surface area (Å²) in [6.07, 6.45) is 3.31. The first-order chi connectivity index (χ1) is 13.3. The number of aromatic nitrogens is 2. The Balaban J connectivity index is 1.94. The molecule has 2 aromatic carbocycles. The highest BCUT2D eigenvalue weighted by atomic mass is 79.9. The maximum Gasteiger partial charge on any atom is 0.262 e. The van der Waals surface area contributed by atoms with Crippen molar-refractivity contribution in [2.24, 2.45) is 4.99 Å². The first kappa shape index (κ1) is 18.6. The third-order valence-electron chi connectivity index (χ3n) is 4.50. The van der Waals surface area contributed by atoms with E-state index in [4.69, 9.17) is 12.2 Å². The van der Waals surface area contributed by atoms with Crippen LogP contribution in [0.1, 0.15) is 22.3 Å². The van der Waals surface area contributed by atoms with E-state index in [1.54, 1.807) is 12.3 Å². The molecule has 1 aliphatic heterocycles. The van der Waals surface area contributed by atoms with Crippen molar-refractivity contribution in [2.45, 2.75) is 13.8 Å². The van der Waals surface area contributed by atoms with E-state index in [0.29, 0.717) is 5.69 Å². The van der Waals surface area contributed by atoms with Crippen LogP contribution in [0, 0.1) is 18.6 Å². The first-order valence-electron chi connectivity index (χ1n) is 8.56. The van der Waals surface area contributed by atoms with E-state index in [1.807, 2.05) is 50.2 Å². The Morgan fingerprint density at radius 3 is 2.61 bits per heavy atom. The Bertz CT molecular complexity index is 1280. The molecule has 0 saturated carbocycles. The molecule has 2 heterocycles. The number of aromatic hydroxyl groups is 1. The Kier molecular flexibility index (Phi) is 4.64. The normalized spacial score (nSPS) is 13.9. The van der Waals surface area contributed by atoms with Crippen LogP contribution in [0.2, 0.25) is 0 Å². The molecule has 5 nitrogen and oxygen atoms in total. The second-order valence-corrected chi connectivity index (χ2v) is 8.00. The summed E-state index contributed by atoms with van der Waals surface area (Å²) in [5.74, 6) is -0.205. The van der Waals surface area contributed by atoms with Crippen LogP contribution >= 0.6 is 28.1 Å². The minimum atomic E-state index is -0.451. The van der Waals surface area contributed by atoms with Crippen molar-refractivity contribution in [3.8, 4) is 11.6 Å². The van der Waals surface area contributed by atoms with Crippen LogP contribution in [0.4, 0.5) is 5.69 Å². The van der Waals surface area contributed by atoms with E-state index in [9.17, 15) is 9.90 Å². The molecule has 28 heavy (non-hydrogen) atoms. The van der Waals surface area contributed by atoms with Crippen LogP contribution in [0.3, 0.4) is 0 Å². The number of aromatic amines is 1. The predicted octanol–water partition coefficient (Wildman–Crippen LogP) is 5.24. The lowest BCUT2D eigenvalue weighted by molar-refractivity contribution is 0.432. The molecule has 0 spiro atoms. The smallest absolute Gasteiger partial charge is 0.262 e. The number of aliphatic imine (C=N–C) groups is 1. The van der Waals surface area contributed by atoms with Gasteiger partial charge < -0.3 is 5.11 Å². The maximum absolute atomic E-state index is 12.6. The molecule has 2 N–H and O–H groups in total. The van der Waals surface area contributed by atoms with Crippen molar-refractivity contribution >= 4 is 51.7 Å². The van der Waals surface area contributed by atoms with Crippen molar-refractivity contribution in [3.63, 3.8) is 0 Å². The van der Waals surface area contributed by atoms with Crippen LogP contribution in [-0.4, -0.2) is 20.9 Å². The molecule has 1 aliphatic rings. The number of rotatable bonds is 2. The van der Waals surface area contributed by atoms with Gasteiger partial charge in [0.2, 0.25) is 5.88 Å². The third kappa shape index (κ3) is 3.27. The monoisotopic (exact) mass is 453 g/mol. The van der Waals surface area contributed by atoms with Crippen LogP contribution in [0.5, 0.6) is 5.88 Å². The number of nitrogens with zero attached hydrogens (tertiary/aromatic N) is 2. The Hall–Kier alpha value is -2.77. The van der Waals surface area contributed by atoms with Gasteiger partial charge in [-0.25, -0.2) is 0 Å². The lowest BCUT2D eigenvalue weighted by Gasteiger charge is -2.13. The summed E-state index contributed by atoms with van der Waals surface area (Å²) in [5.41, 5.74) is 4.86. The number of fused-ring (bicyclic) bond motifs is 1. The highest BCUT2D eigenvalue weighted by Gasteiger charge is 2.17. The van der Waals surface area contributed by atoms with Crippen molar-refractivity contribution < 1.29 is 5.11 Å². The van der Waals surface area contributed by atoms with Gasteiger partial charge in [-0.05, 0) is 73.6 Å². The lowest BCUT2D eigenvalue weighted by atomic mass is 10.1. The highest BCUT2D eigenvalue weighted by Crippen LogP contribution is 2.35. The number of hydrogen-bond donors (Lipinski definition) is 2. The fourth-order valence-electron chi connectivity index (χ4n) is 3.32. The van der Waals surface area contributed by atoms with Gasteiger partial charge in [0.25, 0.3) is 5.56 Å². The molecular formula is C21H16BrN3O2S. The van der Waals surface area contributed by atoms with E-state index in [1.165, 1.54) is 4.57 Å². The second kappa shape index (κ2) is 7.00. The van der Waals surface area contributed by atoms with Crippen molar-refractivity contribution in [2.75, 3.05) is 0 Å². The number of allylic oxidation sites excluding steroid dienone is 1. The largest absolute Gasteiger partial charge is 0.494 e. The molecule has 0 saturated heterocycles. The molecule has 4 rings (SSSR count). The lowest BCUT2D eigenvalue weighted by Crippen LogP contribution is -2.16. The quantitative estimate of drug-likeness (QED) is 0.521. The molecule has 0 radical (unpaired) electrons. The van der Waals surface area contributed by atoms with Crippen LogP contribution in [0.25, 0.3) is 17.3 Å². The molecular weight excluding hydrogens is 438 g/mol. The molecule has 3 aromatic rings. The minimum Gasteiger partial charge on any atom is -0.494 e. The van der Waals surface area contributed by atoms with E-state index in [2.05, 4.69) is 25.9 Å². The summed E-state index contributed by atoms with van der Waals surface area (Å²) >= 11 is 8.77. The predicted molar refractivity (Wildman–Crippen MR) is 119 cm³/mol. The van der Waals surface area contributed by atoms with Gasteiger partial charge in [0.15, 0.2) is 4.77 Å². The van der Waals surface area contributed by atoms with Crippen LogP contribution in [0.15, 0.2) is 50.7 Å². The standard InChI is InChI=1S/C21H16BrN3O2S/c1-11-5-12(2)7-15(6-11)25-20(27)17(19(26)24-21(25)28)8-13-10-23-18-4-3-14(22)9-16(13)18/h3-10,27H,1-2H3,(H,24,26,28). The molecule has 1 aromatic heterocycles. The number of halogens is 1. The van der Waals surface area contributed by atoms with E-state index in [-0.39, 0.29) is 16.2 Å². The van der Waals surface area contributed by atoms with Crippen molar-refractivity contribution in [3.05, 3.63) is 78.2 Å². The minimum absolute atomic E-state index is 0.127. The molecule has 0 atom stereocenters. The summed E-state index contributed by atoms with van der Waals surface area (Å²) in [4.78, 5) is 19.6. The van der Waals surface area contributed by atoms with Crippen molar-refractivity contribution in [1.82, 2.24) is 9.55 Å². The zero-order valence-electron chi connectivity index (χ0n) is 15.2. The summed E-state index contributed by atoms with van der Waals surface area (Å²) < 4.78 is 2.52. The number of nitrogens with one attached hydrogen (secondary N) is 1. The fraction of sp³-hybridized carbons (Fsp3) is 0.0952. The molecule has 140 valence electrons. The first-order valence-corrected chi connectivity index (χ1v) is 9.76. The van der Waals surface area contributed by atoms with Gasteiger partial charge in [-0.1, -0.05) is 22.0 Å². The molecule has 0 amide bonds. The van der Waals surface area contributed by atoms with Gasteiger partial charge in [0.05, 0.1) is 11.4 Å². The maximum atomic E-state index is 12.6. The zero-order chi connectivity index (χ0) is 20.0. The zero-order valence-corrected chi connectivity index (χ0v) is 17.6. The highest BCUT2D eigenvalue weighted by molar-refractivity contribution is 9.10. The Labute approximate surface area is 174 Å². The third-order valence-corrected chi connectivity index (χ3v) is 5.28. The van der Waals surface area contributed by atoms with Gasteiger partial charge in [-0.2, -0.15) is 0 Å². The summed E-state index contributed by atoms with van der Waals surface area (Å²) in [5, 5.41) is 10.9. The van der Waals surface area contributed by atoms with Crippen LogP contribution in [-0.2, 0) is 0 Å². The Morgan fingerprint density at radius 1 is 1.18 bits per heavy atom. The van der Waals surface area contributed by atoms with E-state index in [0.717, 1.165) is 32.4 Å². The number of aryl methyl sites for hydroxylation is 2. The summed E-state index contributed by atoms with van der Waals surface area (Å²) in [6.45, 7) is 3.94. The number of H-pyrrole nitrogens is 1. The van der Waals surface area contributed by atoms with E-state index < -0.39 is 5.56 Å². The summed E-state index contributed by atoms with van der Waals surface area (Å²) in [6, 6.07) is 11.6. The van der Waals surface area contributed by atoms with Gasteiger partial charge in [0, 0.05) is 21.8 Å². The summed E-state index contributed by atoms with van der Waals surface area (Å²) in [7, 11) is 0. The SMILES string of the molecule is Cc1cc(C)cc(-n2c(O)c(C=C3C=Nc4ccc(Br)cc43)c(=O)[nH]c2=S)c1. The van der Waals surface area contributed by atoms with Gasteiger partial charge in [0.1, 0.15) is 5.56 Å². The van der Waals surface area contributed by atoms with E-state index >= 15 is 0 Å². The molecule has 0 unspecified atom stereocenters. The molecule has 0 bridgehead atoms. The van der Waals surface area contributed by atoms with Gasteiger partial charge >= 0.3 is 0 Å².